The standard InChI is InChI=1S/C6H13N3O2/c1-7-6-8-2-5(11)4(3-10)9-6/h4-5,10-11H,2-3H2,1H3,(H2,7,8,9)/t4-,5+/m1/s1. The van der Waals surface area contributed by atoms with Crippen molar-refractivity contribution < 1.29 is 10.2 Å². The van der Waals surface area contributed by atoms with Gasteiger partial charge in [-0.05, 0) is 0 Å². The van der Waals surface area contributed by atoms with Crippen molar-refractivity contribution in [3.63, 3.8) is 0 Å². The number of aliphatic hydroxyl groups is 2. The van der Waals surface area contributed by atoms with Gasteiger partial charge in [0.2, 0.25) is 0 Å². The van der Waals surface area contributed by atoms with Gasteiger partial charge >= 0.3 is 0 Å². The maximum Gasteiger partial charge on any atom is 0.191 e. The van der Waals surface area contributed by atoms with Gasteiger partial charge in [-0.15, -0.1) is 0 Å². The van der Waals surface area contributed by atoms with E-state index < -0.39 is 6.10 Å². The SMILES string of the molecule is CN=C1NC[C@H](O)[C@@H](CO)N1. The van der Waals surface area contributed by atoms with E-state index in [1.54, 1.807) is 7.05 Å². The number of guanidine groups is 1. The number of hydrogen-bond acceptors (Lipinski definition) is 3. The zero-order valence-electron chi connectivity index (χ0n) is 6.41. The molecule has 1 aliphatic rings. The van der Waals surface area contributed by atoms with Gasteiger partial charge in [-0.25, -0.2) is 0 Å². The predicted molar refractivity (Wildman–Crippen MR) is 41.4 cm³/mol. The minimum absolute atomic E-state index is 0.0815. The average molecular weight is 159 g/mol. The highest BCUT2D eigenvalue weighted by molar-refractivity contribution is 5.80. The molecule has 5 heteroatoms. The van der Waals surface area contributed by atoms with Gasteiger partial charge in [0.15, 0.2) is 5.96 Å². The van der Waals surface area contributed by atoms with Gasteiger partial charge in [0, 0.05) is 13.6 Å². The highest BCUT2D eigenvalue weighted by Crippen LogP contribution is 1.96. The Kier molecular flexibility index (Phi) is 2.67. The molecule has 0 radical (unpaired) electrons. The molecule has 1 heterocycles. The summed E-state index contributed by atoms with van der Waals surface area (Å²) < 4.78 is 0. The van der Waals surface area contributed by atoms with Crippen LogP contribution in [0.2, 0.25) is 0 Å². The third kappa shape index (κ3) is 1.81. The predicted octanol–water partition coefficient (Wildman–Crippen LogP) is -2.11. The number of nitrogens with one attached hydrogen (secondary N) is 2. The summed E-state index contributed by atoms with van der Waals surface area (Å²) in [5, 5.41) is 23.7. The minimum Gasteiger partial charge on any atom is -0.394 e. The number of aliphatic imine (C=N–C) groups is 1. The lowest BCUT2D eigenvalue weighted by Crippen LogP contribution is -2.59. The Morgan fingerprint density at radius 2 is 2.45 bits per heavy atom. The van der Waals surface area contributed by atoms with Crippen molar-refractivity contribution in [2.75, 3.05) is 20.2 Å². The van der Waals surface area contributed by atoms with Crippen LogP contribution in [0.1, 0.15) is 0 Å². The van der Waals surface area contributed by atoms with Crippen LogP contribution in [0.15, 0.2) is 4.99 Å². The summed E-state index contributed by atoms with van der Waals surface area (Å²) in [6, 6.07) is -0.296. The van der Waals surface area contributed by atoms with Gasteiger partial charge in [-0.3, -0.25) is 4.99 Å². The second-order valence-electron chi connectivity index (χ2n) is 2.45. The van der Waals surface area contributed by atoms with Crippen LogP contribution in [-0.2, 0) is 0 Å². The Morgan fingerprint density at radius 1 is 1.73 bits per heavy atom. The molecule has 0 aromatic heterocycles. The average Bonchev–Trinajstić information content (AvgIpc) is 2.05. The van der Waals surface area contributed by atoms with E-state index in [1.807, 2.05) is 0 Å². The largest absolute Gasteiger partial charge is 0.394 e. The monoisotopic (exact) mass is 159 g/mol. The fourth-order valence-electron chi connectivity index (χ4n) is 0.977. The number of β-amino-alcohol motifs (C(OH)–C–C–N with tert-alkyl or cyclic N) is 1. The molecule has 11 heavy (non-hydrogen) atoms. The quantitative estimate of drug-likeness (QED) is 0.353. The van der Waals surface area contributed by atoms with Crippen LogP contribution < -0.4 is 10.6 Å². The zero-order chi connectivity index (χ0) is 8.27. The summed E-state index contributed by atoms with van der Waals surface area (Å²) in [6.07, 6.45) is -0.550. The first-order chi connectivity index (χ1) is 5.27. The van der Waals surface area contributed by atoms with Gasteiger partial charge in [-0.2, -0.15) is 0 Å². The first kappa shape index (κ1) is 8.29. The number of nitrogens with zero attached hydrogens (tertiary/aromatic N) is 1. The lowest BCUT2D eigenvalue weighted by molar-refractivity contribution is 0.0927. The summed E-state index contributed by atoms with van der Waals surface area (Å²) in [7, 11) is 1.64. The molecule has 1 aliphatic heterocycles. The third-order valence-electron chi connectivity index (χ3n) is 1.69. The third-order valence-corrected chi connectivity index (χ3v) is 1.69. The number of hydrogen-bond donors (Lipinski definition) is 4. The molecule has 0 unspecified atom stereocenters. The van der Waals surface area contributed by atoms with E-state index >= 15 is 0 Å². The lowest BCUT2D eigenvalue weighted by Gasteiger charge is -2.30. The maximum absolute atomic E-state index is 9.24. The number of aliphatic hydroxyl groups excluding tert-OH is 2. The molecular weight excluding hydrogens is 146 g/mol. The molecule has 4 N–H and O–H groups in total. The molecule has 0 spiro atoms. The fraction of sp³-hybridized carbons (Fsp3) is 0.833. The van der Waals surface area contributed by atoms with Crippen LogP contribution in [-0.4, -0.2) is 48.5 Å². The molecule has 64 valence electrons. The Morgan fingerprint density at radius 3 is 3.00 bits per heavy atom. The maximum atomic E-state index is 9.24. The lowest BCUT2D eigenvalue weighted by atomic mass is 10.1. The van der Waals surface area contributed by atoms with Gasteiger partial charge in [-0.1, -0.05) is 0 Å². The van der Waals surface area contributed by atoms with Gasteiger partial charge in [0.05, 0.1) is 18.8 Å². The summed E-state index contributed by atoms with van der Waals surface area (Å²) in [5.41, 5.74) is 0. The van der Waals surface area contributed by atoms with Crippen LogP contribution in [0.3, 0.4) is 0 Å². The molecule has 0 amide bonds. The highest BCUT2D eigenvalue weighted by Gasteiger charge is 2.23. The van der Waals surface area contributed by atoms with Crippen molar-refractivity contribution in [2.45, 2.75) is 12.1 Å². The van der Waals surface area contributed by atoms with E-state index in [9.17, 15) is 5.11 Å². The van der Waals surface area contributed by atoms with Crippen LogP contribution >= 0.6 is 0 Å². The van der Waals surface area contributed by atoms with E-state index in [-0.39, 0.29) is 12.6 Å². The summed E-state index contributed by atoms with van der Waals surface area (Å²) >= 11 is 0. The second-order valence-corrected chi connectivity index (χ2v) is 2.45. The van der Waals surface area contributed by atoms with E-state index in [2.05, 4.69) is 15.6 Å². The highest BCUT2D eigenvalue weighted by atomic mass is 16.3. The normalized spacial score (nSPS) is 34.6. The van der Waals surface area contributed by atoms with Gasteiger partial charge in [0.1, 0.15) is 0 Å². The first-order valence-electron chi connectivity index (χ1n) is 3.54. The van der Waals surface area contributed by atoms with Crippen molar-refractivity contribution >= 4 is 5.96 Å². The molecular formula is C6H13N3O2. The number of rotatable bonds is 1. The Hall–Kier alpha value is -0.810. The van der Waals surface area contributed by atoms with Crippen molar-refractivity contribution in [1.29, 1.82) is 0 Å². The van der Waals surface area contributed by atoms with Crippen molar-refractivity contribution in [3.05, 3.63) is 0 Å². The van der Waals surface area contributed by atoms with Crippen LogP contribution in [0.5, 0.6) is 0 Å². The molecule has 1 fully saturated rings. The van der Waals surface area contributed by atoms with E-state index in [1.165, 1.54) is 0 Å². The van der Waals surface area contributed by atoms with E-state index in [4.69, 9.17) is 5.11 Å². The molecule has 0 saturated carbocycles. The molecule has 1 saturated heterocycles. The molecule has 0 aliphatic carbocycles. The van der Waals surface area contributed by atoms with Gasteiger partial charge < -0.3 is 20.8 Å². The summed E-state index contributed by atoms with van der Waals surface area (Å²) in [6.45, 7) is 0.354. The first-order valence-corrected chi connectivity index (χ1v) is 3.54. The van der Waals surface area contributed by atoms with Crippen molar-refractivity contribution in [2.24, 2.45) is 4.99 Å². The van der Waals surface area contributed by atoms with Gasteiger partial charge in [0.25, 0.3) is 0 Å². The van der Waals surface area contributed by atoms with E-state index in [0.29, 0.717) is 12.5 Å². The minimum atomic E-state index is -0.550. The summed E-state index contributed by atoms with van der Waals surface area (Å²) in [5.74, 6) is 0.620. The smallest absolute Gasteiger partial charge is 0.191 e. The van der Waals surface area contributed by atoms with Crippen LogP contribution in [0.25, 0.3) is 0 Å². The van der Waals surface area contributed by atoms with E-state index in [0.717, 1.165) is 0 Å². The Labute approximate surface area is 65.1 Å². The molecule has 0 aromatic rings. The molecule has 2 atom stereocenters. The molecule has 0 bridgehead atoms. The van der Waals surface area contributed by atoms with Crippen molar-refractivity contribution in [1.82, 2.24) is 10.6 Å². The van der Waals surface area contributed by atoms with Crippen molar-refractivity contribution in [3.8, 4) is 0 Å². The second kappa shape index (κ2) is 3.54. The molecule has 5 nitrogen and oxygen atoms in total. The fourth-order valence-corrected chi connectivity index (χ4v) is 0.977. The van der Waals surface area contributed by atoms with Crippen LogP contribution in [0.4, 0.5) is 0 Å². The summed E-state index contributed by atoms with van der Waals surface area (Å²) in [4.78, 5) is 3.85. The molecule has 0 aromatic carbocycles. The topological polar surface area (TPSA) is 76.9 Å². The molecule has 1 rings (SSSR count). The zero-order valence-corrected chi connectivity index (χ0v) is 6.41. The Balaban J connectivity index is 2.51. The van der Waals surface area contributed by atoms with Crippen LogP contribution in [0, 0.1) is 0 Å². The Bertz CT molecular complexity index is 160.